The number of halogens is 3. The summed E-state index contributed by atoms with van der Waals surface area (Å²) in [6.45, 7) is 3.33. The van der Waals surface area contributed by atoms with Crippen molar-refractivity contribution in [1.82, 2.24) is 20.8 Å². The molecule has 1 aromatic carbocycles. The highest BCUT2D eigenvalue weighted by Gasteiger charge is 2.29. The van der Waals surface area contributed by atoms with Crippen LogP contribution in [0.2, 0.25) is 0 Å². The molecule has 32 heavy (non-hydrogen) atoms. The Kier molecular flexibility index (Phi) is 7.91. The Balaban J connectivity index is 1.36. The molecule has 0 spiro atoms. The molecule has 9 nitrogen and oxygen atoms in total. The van der Waals surface area contributed by atoms with E-state index >= 15 is 0 Å². The van der Waals surface area contributed by atoms with Gasteiger partial charge in [-0.15, -0.1) is 18.3 Å². The molecular weight excluding hydrogens is 433 g/mol. The second-order valence-corrected chi connectivity index (χ2v) is 7.39. The van der Waals surface area contributed by atoms with Crippen LogP contribution in [0.3, 0.4) is 0 Å². The van der Waals surface area contributed by atoms with E-state index in [9.17, 15) is 18.0 Å². The van der Waals surface area contributed by atoms with Gasteiger partial charge in [0.15, 0.2) is 6.61 Å². The van der Waals surface area contributed by atoms with Crippen molar-refractivity contribution in [3.63, 3.8) is 0 Å². The molecule has 1 fully saturated rings. The Morgan fingerprint density at radius 1 is 1.19 bits per heavy atom. The molecule has 2 aromatic rings. The van der Waals surface area contributed by atoms with Crippen LogP contribution in [0.15, 0.2) is 22.6 Å². The third-order valence-corrected chi connectivity index (χ3v) is 4.92. The highest BCUT2D eigenvalue weighted by molar-refractivity contribution is 5.77. The number of carbonyl (C=O) groups excluding carboxylic acids is 1. The average molecular weight is 458 g/mol. The molecule has 2 N–H and O–H groups in total. The zero-order chi connectivity index (χ0) is 23.1. The van der Waals surface area contributed by atoms with Crippen molar-refractivity contribution < 1.29 is 36.6 Å². The summed E-state index contributed by atoms with van der Waals surface area (Å²) in [5, 5.41) is 13.6. The first-order valence-corrected chi connectivity index (χ1v) is 10.1. The maximum absolute atomic E-state index is 12.2. The molecule has 0 saturated carbocycles. The minimum absolute atomic E-state index is 0.0785. The number of ether oxygens (including phenoxy) is 3. The highest BCUT2D eigenvalue weighted by Crippen LogP contribution is 2.24. The molecule has 3 rings (SSSR count). The second kappa shape index (κ2) is 10.6. The van der Waals surface area contributed by atoms with Gasteiger partial charge in [-0.25, -0.2) is 0 Å². The SMILES string of the molecule is Cc1ccc(OCC(=O)N[C@H]2CC[C@H](c3nnc(OCCOC(F)(F)F)o3)NC2)cc1C. The number of benzene rings is 1. The van der Waals surface area contributed by atoms with Gasteiger partial charge in [-0.05, 0) is 49.9 Å². The van der Waals surface area contributed by atoms with Crippen LogP contribution in [0.1, 0.15) is 35.9 Å². The predicted molar refractivity (Wildman–Crippen MR) is 105 cm³/mol. The van der Waals surface area contributed by atoms with Gasteiger partial charge in [0.1, 0.15) is 12.4 Å². The van der Waals surface area contributed by atoms with E-state index in [1.54, 1.807) is 0 Å². The second-order valence-electron chi connectivity index (χ2n) is 7.39. The summed E-state index contributed by atoms with van der Waals surface area (Å²) < 4.78 is 55.2. The van der Waals surface area contributed by atoms with Crippen LogP contribution in [-0.4, -0.2) is 54.9 Å². The summed E-state index contributed by atoms with van der Waals surface area (Å²) in [5.74, 6) is 0.687. The first-order valence-electron chi connectivity index (χ1n) is 10.1. The first kappa shape index (κ1) is 23.8. The first-order chi connectivity index (χ1) is 15.2. The number of rotatable bonds is 9. The fraction of sp³-hybridized carbons (Fsp3) is 0.550. The summed E-state index contributed by atoms with van der Waals surface area (Å²) in [4.78, 5) is 12.2. The third-order valence-electron chi connectivity index (χ3n) is 4.92. The Hall–Kier alpha value is -2.86. The van der Waals surface area contributed by atoms with E-state index in [2.05, 4.69) is 25.6 Å². The van der Waals surface area contributed by atoms with Crippen LogP contribution < -0.4 is 20.1 Å². The molecule has 0 aliphatic carbocycles. The normalized spacial score (nSPS) is 18.9. The summed E-state index contributed by atoms with van der Waals surface area (Å²) in [7, 11) is 0. The van der Waals surface area contributed by atoms with Crippen molar-refractivity contribution in [2.24, 2.45) is 0 Å². The van der Waals surface area contributed by atoms with Crippen LogP contribution in [-0.2, 0) is 9.53 Å². The Morgan fingerprint density at radius 2 is 2.00 bits per heavy atom. The molecule has 1 amide bonds. The standard InChI is InChI=1S/C20H25F3N4O5/c1-12-3-5-15(9-13(12)2)30-11-17(28)25-14-4-6-16(24-10-14)18-26-27-19(32-18)29-7-8-31-20(21,22)23/h3,5,9,14,16,24H,4,6-8,10-11H2,1-2H3,(H,25,28)/t14-,16+/m0/s1. The van der Waals surface area contributed by atoms with Crippen molar-refractivity contribution in [3.8, 4) is 11.8 Å². The van der Waals surface area contributed by atoms with E-state index in [0.717, 1.165) is 11.1 Å². The van der Waals surface area contributed by atoms with Crippen molar-refractivity contribution in [1.29, 1.82) is 0 Å². The van der Waals surface area contributed by atoms with Gasteiger partial charge in [0.2, 0.25) is 5.89 Å². The van der Waals surface area contributed by atoms with E-state index in [4.69, 9.17) is 13.9 Å². The number of aryl methyl sites for hydroxylation is 2. The molecule has 176 valence electrons. The zero-order valence-electron chi connectivity index (χ0n) is 17.7. The third kappa shape index (κ3) is 7.38. The minimum atomic E-state index is -4.72. The summed E-state index contributed by atoms with van der Waals surface area (Å²) in [6.07, 6.45) is -3.66. The zero-order valence-corrected chi connectivity index (χ0v) is 17.7. The predicted octanol–water partition coefficient (Wildman–Crippen LogP) is 2.59. The lowest BCUT2D eigenvalue weighted by molar-refractivity contribution is -0.325. The smallest absolute Gasteiger partial charge is 0.484 e. The fourth-order valence-corrected chi connectivity index (χ4v) is 3.12. The van der Waals surface area contributed by atoms with Gasteiger partial charge in [0.05, 0.1) is 12.6 Å². The molecule has 1 aliphatic heterocycles. The van der Waals surface area contributed by atoms with E-state index in [1.807, 2.05) is 32.0 Å². The molecule has 2 heterocycles. The van der Waals surface area contributed by atoms with Crippen molar-refractivity contribution >= 4 is 5.91 Å². The maximum Gasteiger partial charge on any atom is 0.522 e. The van der Waals surface area contributed by atoms with Crippen LogP contribution >= 0.6 is 0 Å². The molecule has 1 aliphatic rings. The minimum Gasteiger partial charge on any atom is -0.484 e. The lowest BCUT2D eigenvalue weighted by Gasteiger charge is -2.28. The molecule has 1 aromatic heterocycles. The van der Waals surface area contributed by atoms with Crippen LogP contribution in [0.5, 0.6) is 11.8 Å². The molecule has 0 radical (unpaired) electrons. The number of hydrogen-bond acceptors (Lipinski definition) is 8. The number of amides is 1. The Labute approximate surface area is 182 Å². The molecule has 12 heteroatoms. The van der Waals surface area contributed by atoms with Crippen molar-refractivity contribution in [2.45, 2.75) is 45.1 Å². The fourth-order valence-electron chi connectivity index (χ4n) is 3.12. The van der Waals surface area contributed by atoms with Crippen LogP contribution in [0.4, 0.5) is 13.2 Å². The lowest BCUT2D eigenvalue weighted by Crippen LogP contribution is -2.48. The highest BCUT2D eigenvalue weighted by atomic mass is 19.4. The van der Waals surface area contributed by atoms with Crippen LogP contribution in [0, 0.1) is 13.8 Å². The summed E-state index contributed by atoms with van der Waals surface area (Å²) in [6, 6.07) is 5.33. The largest absolute Gasteiger partial charge is 0.522 e. The molecular formula is C20H25F3N4O5. The van der Waals surface area contributed by atoms with E-state index < -0.39 is 13.0 Å². The van der Waals surface area contributed by atoms with Gasteiger partial charge < -0.3 is 24.5 Å². The van der Waals surface area contributed by atoms with E-state index in [-0.39, 0.29) is 43.2 Å². The van der Waals surface area contributed by atoms with Gasteiger partial charge in [-0.3, -0.25) is 9.53 Å². The number of aromatic nitrogens is 2. The van der Waals surface area contributed by atoms with Gasteiger partial charge in [0, 0.05) is 12.6 Å². The quantitative estimate of drug-likeness (QED) is 0.552. The molecule has 0 unspecified atom stereocenters. The van der Waals surface area contributed by atoms with Gasteiger partial charge >= 0.3 is 12.4 Å². The average Bonchev–Trinajstić information content (AvgIpc) is 3.21. The number of carbonyl (C=O) groups is 1. The number of piperidine rings is 1. The summed E-state index contributed by atoms with van der Waals surface area (Å²) in [5.41, 5.74) is 2.25. The van der Waals surface area contributed by atoms with Crippen LogP contribution in [0.25, 0.3) is 0 Å². The number of hydrogen-bond donors (Lipinski definition) is 2. The van der Waals surface area contributed by atoms with Crippen molar-refractivity contribution in [3.05, 3.63) is 35.2 Å². The Morgan fingerprint density at radius 3 is 2.69 bits per heavy atom. The Bertz CT molecular complexity index is 898. The van der Waals surface area contributed by atoms with E-state index in [1.165, 1.54) is 0 Å². The summed E-state index contributed by atoms with van der Waals surface area (Å²) >= 11 is 0. The number of nitrogens with zero attached hydrogens (tertiary/aromatic N) is 2. The monoisotopic (exact) mass is 458 g/mol. The maximum atomic E-state index is 12.2. The van der Waals surface area contributed by atoms with Crippen molar-refractivity contribution in [2.75, 3.05) is 26.4 Å². The van der Waals surface area contributed by atoms with Gasteiger partial charge in [-0.2, -0.15) is 0 Å². The van der Waals surface area contributed by atoms with E-state index in [0.29, 0.717) is 25.1 Å². The lowest BCUT2D eigenvalue weighted by atomic mass is 10.0. The molecule has 1 saturated heterocycles. The number of nitrogens with one attached hydrogen (secondary N) is 2. The topological polar surface area (TPSA) is 108 Å². The number of alkyl halides is 3. The molecule has 2 atom stereocenters. The molecule has 0 bridgehead atoms. The van der Waals surface area contributed by atoms with Gasteiger partial charge in [0.25, 0.3) is 5.91 Å². The van der Waals surface area contributed by atoms with Gasteiger partial charge in [-0.1, -0.05) is 11.2 Å².